The lowest BCUT2D eigenvalue weighted by molar-refractivity contribution is -0.141. The van der Waals surface area contributed by atoms with Gasteiger partial charge in [-0.25, -0.2) is 4.79 Å². The maximum absolute atomic E-state index is 12.3. The van der Waals surface area contributed by atoms with E-state index in [1.807, 2.05) is 0 Å². The Bertz CT molecular complexity index is 460. The van der Waals surface area contributed by atoms with Gasteiger partial charge in [-0.05, 0) is 0 Å². The minimum Gasteiger partial charge on any atom is -0.496 e. The largest absolute Gasteiger partial charge is 0.496 e. The van der Waals surface area contributed by atoms with Crippen LogP contribution in [-0.4, -0.2) is 53.1 Å². The first-order valence-corrected chi connectivity index (χ1v) is 7.41. The van der Waals surface area contributed by atoms with Gasteiger partial charge in [0.15, 0.2) is 0 Å². The first kappa shape index (κ1) is 13.2. The molecular weight excluding hydrogens is 274 g/mol. The number of carboxylic acid groups (broad SMARTS) is 1. The van der Waals surface area contributed by atoms with Crippen LogP contribution in [0.2, 0.25) is 0 Å². The first-order valence-electron chi connectivity index (χ1n) is 5.37. The van der Waals surface area contributed by atoms with Gasteiger partial charge in [0.1, 0.15) is 11.8 Å². The van der Waals surface area contributed by atoms with E-state index in [1.165, 1.54) is 23.3 Å². The zero-order valence-electron chi connectivity index (χ0n) is 9.79. The number of methoxy groups -OCH3 is 1. The second-order valence-corrected chi connectivity index (χ2v) is 5.84. The Morgan fingerprint density at radius 3 is 2.94 bits per heavy atom. The summed E-state index contributed by atoms with van der Waals surface area (Å²) in [6.45, 7) is 0.473. The van der Waals surface area contributed by atoms with Crippen molar-refractivity contribution in [1.82, 2.24) is 4.90 Å². The topological polar surface area (TPSA) is 66.8 Å². The predicted octanol–water partition coefficient (Wildman–Crippen LogP) is 1.40. The number of ether oxygens (including phenoxy) is 1. The number of amides is 1. The van der Waals surface area contributed by atoms with Crippen molar-refractivity contribution in [2.24, 2.45) is 0 Å². The molecule has 2 heterocycles. The van der Waals surface area contributed by atoms with Gasteiger partial charge in [0.05, 0.1) is 12.0 Å². The average molecular weight is 287 g/mol. The number of hydrogen-bond acceptors (Lipinski definition) is 5. The number of nitrogens with zero attached hydrogens (tertiary/aromatic N) is 1. The number of thiophene rings is 1. The molecular formula is C11H13NO4S2. The van der Waals surface area contributed by atoms with Gasteiger partial charge in [0.2, 0.25) is 0 Å². The Morgan fingerprint density at radius 1 is 1.56 bits per heavy atom. The zero-order chi connectivity index (χ0) is 13.1. The third kappa shape index (κ3) is 2.62. The van der Waals surface area contributed by atoms with Gasteiger partial charge in [-0.15, -0.1) is 11.3 Å². The summed E-state index contributed by atoms with van der Waals surface area (Å²) in [6.07, 6.45) is 0. The van der Waals surface area contributed by atoms with Crippen LogP contribution in [0.1, 0.15) is 9.67 Å². The third-order valence-corrected chi connectivity index (χ3v) is 4.62. The van der Waals surface area contributed by atoms with Crippen LogP contribution in [0, 0.1) is 0 Å². The van der Waals surface area contributed by atoms with Crippen molar-refractivity contribution in [2.45, 2.75) is 6.04 Å². The molecule has 1 unspecified atom stereocenters. The molecule has 1 aliphatic rings. The van der Waals surface area contributed by atoms with Crippen molar-refractivity contribution in [3.05, 3.63) is 16.3 Å². The third-order valence-electron chi connectivity index (χ3n) is 2.70. The highest BCUT2D eigenvalue weighted by Crippen LogP contribution is 2.25. The number of rotatable bonds is 3. The summed E-state index contributed by atoms with van der Waals surface area (Å²) in [5.74, 6) is 0.679. The molecule has 1 amide bonds. The molecule has 98 valence electrons. The molecule has 1 atom stereocenters. The minimum absolute atomic E-state index is 0.226. The molecule has 0 spiro atoms. The summed E-state index contributed by atoms with van der Waals surface area (Å²) in [5, 5.41) is 10.9. The summed E-state index contributed by atoms with van der Waals surface area (Å²) in [5.41, 5.74) is 0. The number of carbonyl (C=O) groups is 2. The Kier molecular flexibility index (Phi) is 4.13. The van der Waals surface area contributed by atoms with E-state index in [0.29, 0.717) is 22.9 Å². The van der Waals surface area contributed by atoms with E-state index >= 15 is 0 Å². The van der Waals surface area contributed by atoms with Crippen LogP contribution >= 0.6 is 23.1 Å². The molecule has 0 aliphatic carbocycles. The molecule has 1 aromatic heterocycles. The molecule has 2 rings (SSSR count). The molecule has 0 radical (unpaired) electrons. The Labute approximate surface area is 113 Å². The fourth-order valence-electron chi connectivity index (χ4n) is 1.73. The lowest BCUT2D eigenvalue weighted by Gasteiger charge is -2.32. The van der Waals surface area contributed by atoms with Gasteiger partial charge >= 0.3 is 5.97 Å². The summed E-state index contributed by atoms with van der Waals surface area (Å²) in [6, 6.07) is 0.914. The normalized spacial score (nSPS) is 19.6. The maximum Gasteiger partial charge on any atom is 0.327 e. The highest BCUT2D eigenvalue weighted by atomic mass is 32.2. The van der Waals surface area contributed by atoms with Crippen LogP contribution in [0.3, 0.4) is 0 Å². The lowest BCUT2D eigenvalue weighted by atomic mass is 10.2. The SMILES string of the molecule is COc1csc(C(=O)N2CCSCC2C(=O)O)c1. The van der Waals surface area contributed by atoms with Gasteiger partial charge in [-0.1, -0.05) is 0 Å². The van der Waals surface area contributed by atoms with E-state index < -0.39 is 12.0 Å². The molecule has 1 fully saturated rings. The van der Waals surface area contributed by atoms with Gasteiger partial charge < -0.3 is 14.7 Å². The fourth-order valence-corrected chi connectivity index (χ4v) is 3.58. The fraction of sp³-hybridized carbons (Fsp3) is 0.455. The zero-order valence-corrected chi connectivity index (χ0v) is 11.4. The molecule has 18 heavy (non-hydrogen) atoms. The summed E-state index contributed by atoms with van der Waals surface area (Å²) in [7, 11) is 1.54. The van der Waals surface area contributed by atoms with Crippen molar-refractivity contribution in [1.29, 1.82) is 0 Å². The summed E-state index contributed by atoms with van der Waals surface area (Å²) < 4.78 is 5.03. The smallest absolute Gasteiger partial charge is 0.327 e. The van der Waals surface area contributed by atoms with Crippen LogP contribution in [0.5, 0.6) is 5.75 Å². The molecule has 5 nitrogen and oxygen atoms in total. The van der Waals surface area contributed by atoms with Crippen LogP contribution < -0.4 is 4.74 Å². The van der Waals surface area contributed by atoms with Crippen LogP contribution in [0.4, 0.5) is 0 Å². The minimum atomic E-state index is -0.945. The molecule has 7 heteroatoms. The molecule has 1 saturated heterocycles. The van der Waals surface area contributed by atoms with Crippen molar-refractivity contribution >= 4 is 35.0 Å². The van der Waals surface area contributed by atoms with Crippen molar-refractivity contribution in [3.8, 4) is 5.75 Å². The van der Waals surface area contributed by atoms with E-state index in [0.717, 1.165) is 5.75 Å². The highest BCUT2D eigenvalue weighted by molar-refractivity contribution is 7.99. The first-order chi connectivity index (χ1) is 8.63. The summed E-state index contributed by atoms with van der Waals surface area (Å²) >= 11 is 2.84. The molecule has 1 aromatic rings. The monoisotopic (exact) mass is 287 g/mol. The molecule has 0 bridgehead atoms. The molecule has 1 N–H and O–H groups in total. The molecule has 0 aromatic carbocycles. The van der Waals surface area contributed by atoms with Crippen LogP contribution in [0.15, 0.2) is 11.4 Å². The Hall–Kier alpha value is -1.21. The van der Waals surface area contributed by atoms with Gasteiger partial charge in [0.25, 0.3) is 5.91 Å². The quantitative estimate of drug-likeness (QED) is 0.910. The van der Waals surface area contributed by atoms with E-state index in [9.17, 15) is 9.59 Å². The molecule has 0 saturated carbocycles. The average Bonchev–Trinajstić information content (AvgIpc) is 2.86. The van der Waals surface area contributed by atoms with Crippen LogP contribution in [-0.2, 0) is 4.79 Å². The second kappa shape index (κ2) is 5.62. The second-order valence-electron chi connectivity index (χ2n) is 3.78. The molecule has 1 aliphatic heterocycles. The predicted molar refractivity (Wildman–Crippen MR) is 70.7 cm³/mol. The number of carboxylic acids is 1. The Morgan fingerprint density at radius 2 is 2.33 bits per heavy atom. The number of aliphatic carboxylic acids is 1. The van der Waals surface area contributed by atoms with E-state index in [-0.39, 0.29) is 5.91 Å². The summed E-state index contributed by atoms with van der Waals surface area (Å²) in [4.78, 5) is 25.3. The highest BCUT2D eigenvalue weighted by Gasteiger charge is 2.33. The van der Waals surface area contributed by atoms with Crippen LogP contribution in [0.25, 0.3) is 0 Å². The Balaban J connectivity index is 2.17. The van der Waals surface area contributed by atoms with E-state index in [2.05, 4.69) is 0 Å². The van der Waals surface area contributed by atoms with E-state index in [4.69, 9.17) is 9.84 Å². The standard InChI is InChI=1S/C11H13NO4S2/c1-16-7-4-9(18-5-7)10(13)12-2-3-17-6-8(12)11(14)15/h4-5,8H,2-3,6H2,1H3,(H,14,15). The maximum atomic E-state index is 12.3. The number of thioether (sulfide) groups is 1. The van der Waals surface area contributed by atoms with E-state index in [1.54, 1.807) is 23.2 Å². The van der Waals surface area contributed by atoms with Gasteiger partial charge in [-0.3, -0.25) is 4.79 Å². The lowest BCUT2D eigenvalue weighted by Crippen LogP contribution is -2.50. The van der Waals surface area contributed by atoms with Gasteiger partial charge in [0, 0.05) is 29.5 Å². The number of carbonyl (C=O) groups excluding carboxylic acids is 1. The number of hydrogen-bond donors (Lipinski definition) is 1. The van der Waals surface area contributed by atoms with Crippen molar-refractivity contribution in [2.75, 3.05) is 25.2 Å². The van der Waals surface area contributed by atoms with Gasteiger partial charge in [-0.2, -0.15) is 11.8 Å². The van der Waals surface area contributed by atoms with Crippen molar-refractivity contribution < 1.29 is 19.4 Å². The van der Waals surface area contributed by atoms with Crippen molar-refractivity contribution in [3.63, 3.8) is 0 Å².